The average molecular weight is 344 g/mol. The molecule has 3 rings (SSSR count). The van der Waals surface area contributed by atoms with Gasteiger partial charge in [0.25, 0.3) is 5.41 Å². The van der Waals surface area contributed by atoms with Gasteiger partial charge in [0.05, 0.1) is 0 Å². The second kappa shape index (κ2) is 6.97. The number of epoxide rings is 1. The zero-order valence-electron chi connectivity index (χ0n) is 14.4. The lowest BCUT2D eigenvalue weighted by Crippen LogP contribution is -2.61. The number of hydrogen-bond acceptors (Lipinski definition) is 4. The summed E-state index contributed by atoms with van der Waals surface area (Å²) in [6.07, 6.45) is 0.868. The van der Waals surface area contributed by atoms with E-state index in [-0.39, 0.29) is 6.10 Å². The van der Waals surface area contributed by atoms with Gasteiger partial charge < -0.3 is 18.3 Å². The standard InChI is InChI=1S/C19H24O4Si/c1-4-15-20-19(16(2)21-19)24(3,22-17-11-7-5-8-12-17)23-18-13-9-6-10-14-18/h5-14,16H,4,15H2,1-3H3. The average Bonchev–Trinajstić information content (AvgIpc) is 3.27. The van der Waals surface area contributed by atoms with Crippen molar-refractivity contribution in [3.8, 4) is 11.5 Å². The maximum Gasteiger partial charge on any atom is 0.522 e. The van der Waals surface area contributed by atoms with Crippen LogP contribution < -0.4 is 8.85 Å². The van der Waals surface area contributed by atoms with E-state index in [0.29, 0.717) is 6.61 Å². The Morgan fingerprint density at radius 2 is 1.42 bits per heavy atom. The van der Waals surface area contributed by atoms with Crippen molar-refractivity contribution < 1.29 is 18.3 Å². The fourth-order valence-electron chi connectivity index (χ4n) is 2.83. The van der Waals surface area contributed by atoms with Gasteiger partial charge in [-0.25, -0.2) is 0 Å². The topological polar surface area (TPSA) is 40.2 Å². The third-order valence-electron chi connectivity index (χ3n) is 4.10. The summed E-state index contributed by atoms with van der Waals surface area (Å²) in [4.78, 5) is 0. The van der Waals surface area contributed by atoms with E-state index >= 15 is 0 Å². The monoisotopic (exact) mass is 344 g/mol. The van der Waals surface area contributed by atoms with E-state index in [4.69, 9.17) is 18.3 Å². The predicted molar refractivity (Wildman–Crippen MR) is 95.3 cm³/mol. The fraction of sp³-hybridized carbons (Fsp3) is 0.368. The van der Waals surface area contributed by atoms with Crippen molar-refractivity contribution in [1.82, 2.24) is 0 Å². The Balaban J connectivity index is 1.91. The molecule has 1 aliphatic rings. The summed E-state index contributed by atoms with van der Waals surface area (Å²) in [6.45, 7) is 6.70. The van der Waals surface area contributed by atoms with Crippen LogP contribution in [0.1, 0.15) is 20.3 Å². The van der Waals surface area contributed by atoms with E-state index in [1.54, 1.807) is 0 Å². The number of hydrogen-bond donors (Lipinski definition) is 0. The third kappa shape index (κ3) is 3.33. The highest BCUT2D eigenvalue weighted by Crippen LogP contribution is 2.46. The van der Waals surface area contributed by atoms with Gasteiger partial charge in [0.15, 0.2) is 0 Å². The molecule has 0 spiro atoms. The molecule has 0 aliphatic carbocycles. The molecule has 0 bridgehead atoms. The Labute approximate surface area is 144 Å². The minimum absolute atomic E-state index is 0.0480. The second-order valence-electron chi connectivity index (χ2n) is 6.05. The molecule has 128 valence electrons. The van der Waals surface area contributed by atoms with Crippen molar-refractivity contribution in [2.45, 2.75) is 38.3 Å². The van der Waals surface area contributed by atoms with Crippen LogP contribution in [-0.2, 0) is 9.47 Å². The van der Waals surface area contributed by atoms with Crippen molar-refractivity contribution in [2.24, 2.45) is 0 Å². The molecule has 1 aliphatic heterocycles. The van der Waals surface area contributed by atoms with E-state index in [2.05, 4.69) is 6.92 Å². The Kier molecular flexibility index (Phi) is 4.94. The molecule has 1 heterocycles. The molecule has 2 aromatic rings. The Morgan fingerprint density at radius 3 is 1.79 bits per heavy atom. The van der Waals surface area contributed by atoms with Crippen molar-refractivity contribution in [3.05, 3.63) is 60.7 Å². The number of ether oxygens (including phenoxy) is 2. The molecule has 4 nitrogen and oxygen atoms in total. The molecule has 0 N–H and O–H groups in total. The van der Waals surface area contributed by atoms with Crippen molar-refractivity contribution in [2.75, 3.05) is 6.61 Å². The van der Waals surface area contributed by atoms with Crippen molar-refractivity contribution >= 4 is 8.56 Å². The Hall–Kier alpha value is -1.82. The summed E-state index contributed by atoms with van der Waals surface area (Å²) in [5.74, 6) is 1.54. The molecule has 0 saturated carbocycles. The summed E-state index contributed by atoms with van der Waals surface area (Å²) >= 11 is 0. The second-order valence-corrected chi connectivity index (χ2v) is 9.05. The van der Waals surface area contributed by atoms with Gasteiger partial charge in [0, 0.05) is 13.2 Å². The van der Waals surface area contributed by atoms with Crippen LogP contribution >= 0.6 is 0 Å². The third-order valence-corrected chi connectivity index (χ3v) is 7.28. The van der Waals surface area contributed by atoms with Gasteiger partial charge in [-0.2, -0.15) is 0 Å². The quantitative estimate of drug-likeness (QED) is 0.529. The number of benzene rings is 2. The van der Waals surface area contributed by atoms with E-state index in [0.717, 1.165) is 17.9 Å². The summed E-state index contributed by atoms with van der Waals surface area (Å²) in [5.41, 5.74) is -0.783. The van der Waals surface area contributed by atoms with Gasteiger partial charge in [-0.05, 0) is 37.6 Å². The highest BCUT2D eigenvalue weighted by atomic mass is 28.4. The highest BCUT2D eigenvalue weighted by Gasteiger charge is 2.75. The van der Waals surface area contributed by atoms with E-state index < -0.39 is 14.0 Å². The minimum Gasteiger partial charge on any atom is -0.509 e. The van der Waals surface area contributed by atoms with Crippen LogP contribution in [0.15, 0.2) is 60.7 Å². The smallest absolute Gasteiger partial charge is 0.509 e. The van der Waals surface area contributed by atoms with Crippen LogP contribution in [-0.4, -0.2) is 26.7 Å². The van der Waals surface area contributed by atoms with Gasteiger partial charge in [-0.3, -0.25) is 0 Å². The fourth-order valence-corrected chi connectivity index (χ4v) is 5.82. The largest absolute Gasteiger partial charge is 0.522 e. The van der Waals surface area contributed by atoms with Gasteiger partial charge in [-0.1, -0.05) is 43.3 Å². The van der Waals surface area contributed by atoms with E-state index in [1.807, 2.05) is 74.1 Å². The van der Waals surface area contributed by atoms with Gasteiger partial charge >= 0.3 is 8.56 Å². The van der Waals surface area contributed by atoms with Gasteiger partial charge in [0.2, 0.25) is 0 Å². The van der Waals surface area contributed by atoms with Crippen LogP contribution in [0.4, 0.5) is 0 Å². The molecule has 1 fully saturated rings. The van der Waals surface area contributed by atoms with Crippen LogP contribution in [0, 0.1) is 0 Å². The molecule has 1 saturated heterocycles. The van der Waals surface area contributed by atoms with Crippen molar-refractivity contribution in [1.29, 1.82) is 0 Å². The maximum absolute atomic E-state index is 6.37. The Morgan fingerprint density at radius 1 is 0.958 bits per heavy atom. The predicted octanol–water partition coefficient (Wildman–Crippen LogP) is 4.30. The summed E-state index contributed by atoms with van der Waals surface area (Å²) in [7, 11) is -2.89. The molecule has 2 aromatic carbocycles. The minimum atomic E-state index is -2.89. The van der Waals surface area contributed by atoms with Crippen LogP contribution in [0.5, 0.6) is 11.5 Å². The number of para-hydroxylation sites is 2. The number of rotatable bonds is 8. The molecule has 0 aromatic heterocycles. The van der Waals surface area contributed by atoms with E-state index in [1.165, 1.54) is 0 Å². The normalized spacial score (nSPS) is 22.9. The zero-order chi connectivity index (χ0) is 17.0. The first kappa shape index (κ1) is 17.0. The highest BCUT2D eigenvalue weighted by molar-refractivity contribution is 6.71. The SMILES string of the molecule is CCCOC1([Si](C)(Oc2ccccc2)Oc2ccccc2)OC1C. The molecule has 24 heavy (non-hydrogen) atoms. The molecule has 5 heteroatoms. The molecule has 0 amide bonds. The van der Waals surface area contributed by atoms with Crippen molar-refractivity contribution in [3.63, 3.8) is 0 Å². The first-order valence-corrected chi connectivity index (χ1v) is 10.7. The molecule has 0 radical (unpaired) electrons. The summed E-state index contributed by atoms with van der Waals surface area (Å²) < 4.78 is 24.7. The van der Waals surface area contributed by atoms with Crippen LogP contribution in [0.25, 0.3) is 0 Å². The lowest BCUT2D eigenvalue weighted by atomic mass is 10.3. The summed E-state index contributed by atoms with van der Waals surface area (Å²) in [5, 5.41) is 0. The first-order chi connectivity index (χ1) is 11.6. The first-order valence-electron chi connectivity index (χ1n) is 8.39. The summed E-state index contributed by atoms with van der Waals surface area (Å²) in [6, 6.07) is 19.4. The molecular weight excluding hydrogens is 320 g/mol. The lowest BCUT2D eigenvalue weighted by molar-refractivity contribution is -0.0115. The van der Waals surface area contributed by atoms with E-state index in [9.17, 15) is 0 Å². The van der Waals surface area contributed by atoms with Gasteiger partial charge in [0.1, 0.15) is 17.6 Å². The van der Waals surface area contributed by atoms with Gasteiger partial charge in [-0.15, -0.1) is 0 Å². The molecule has 2 atom stereocenters. The Bertz CT molecular complexity index is 607. The zero-order valence-corrected chi connectivity index (χ0v) is 15.4. The van der Waals surface area contributed by atoms with Crippen LogP contribution in [0.3, 0.4) is 0 Å². The molecule has 2 unspecified atom stereocenters. The lowest BCUT2D eigenvalue weighted by Gasteiger charge is -2.33. The molecular formula is C19H24O4Si. The maximum atomic E-state index is 6.37. The van der Waals surface area contributed by atoms with Crippen LogP contribution in [0.2, 0.25) is 6.55 Å².